The summed E-state index contributed by atoms with van der Waals surface area (Å²) in [6.45, 7) is 2.99. The molecular weight excluding hydrogens is 566 g/mol. The van der Waals surface area contributed by atoms with Gasteiger partial charge in [0.2, 0.25) is 6.79 Å². The van der Waals surface area contributed by atoms with Gasteiger partial charge in [-0.15, -0.1) is 22.7 Å². The third-order valence-corrected chi connectivity index (χ3v) is 8.41. The molecule has 220 valence electrons. The van der Waals surface area contributed by atoms with Crippen molar-refractivity contribution < 1.29 is 33.7 Å². The molecule has 0 spiro atoms. The minimum atomic E-state index is -1.04. The summed E-state index contributed by atoms with van der Waals surface area (Å²) in [5, 5.41) is 16.5. The number of hydrogen-bond donors (Lipinski definition) is 2. The van der Waals surface area contributed by atoms with Crippen molar-refractivity contribution in [2.75, 3.05) is 20.4 Å². The lowest BCUT2D eigenvalue weighted by Crippen LogP contribution is -2.47. The highest BCUT2D eigenvalue weighted by Gasteiger charge is 2.28. The third-order valence-electron chi connectivity index (χ3n) is 6.69. The molecule has 0 saturated carbocycles. The number of nitrogens with zero attached hydrogens (tertiary/aromatic N) is 2. The number of rotatable bonds is 14. The maximum Gasteiger partial charge on any atom is 0.410 e. The predicted molar refractivity (Wildman–Crippen MR) is 156 cm³/mol. The molecule has 41 heavy (non-hydrogen) atoms. The monoisotopic (exact) mass is 601 g/mol. The number of urea groups is 1. The van der Waals surface area contributed by atoms with Crippen LogP contribution in [0.2, 0.25) is 0 Å². The Morgan fingerprint density at radius 3 is 2.34 bits per heavy atom. The zero-order valence-electron chi connectivity index (χ0n) is 23.1. The fourth-order valence-electron chi connectivity index (χ4n) is 4.46. The van der Waals surface area contributed by atoms with Crippen LogP contribution in [0.5, 0.6) is 11.5 Å². The number of hydrogen-bond acceptors (Lipinski definition) is 8. The summed E-state index contributed by atoms with van der Waals surface area (Å²) in [5.41, 5.74) is 0.614. The van der Waals surface area contributed by atoms with E-state index in [-0.39, 0.29) is 19.8 Å². The summed E-state index contributed by atoms with van der Waals surface area (Å²) >= 11 is 3.15. The third kappa shape index (κ3) is 8.61. The Morgan fingerprint density at radius 1 is 1.05 bits per heavy atom. The van der Waals surface area contributed by atoms with E-state index < -0.39 is 30.2 Å². The summed E-state index contributed by atoms with van der Waals surface area (Å²) in [6.07, 6.45) is 1.57. The number of carboxylic acid groups (broad SMARTS) is 1. The van der Waals surface area contributed by atoms with Gasteiger partial charge in [-0.2, -0.15) is 0 Å². The summed E-state index contributed by atoms with van der Waals surface area (Å²) < 4.78 is 16.5. The average molecular weight is 602 g/mol. The van der Waals surface area contributed by atoms with Gasteiger partial charge in [-0.05, 0) is 47.0 Å². The molecule has 4 rings (SSSR count). The number of benzene rings is 1. The molecule has 1 aliphatic rings. The van der Waals surface area contributed by atoms with Crippen LogP contribution in [0.25, 0.3) is 0 Å². The van der Waals surface area contributed by atoms with Crippen molar-refractivity contribution in [3.8, 4) is 11.5 Å². The minimum Gasteiger partial charge on any atom is -0.481 e. The number of nitrogens with one attached hydrogen (secondary N) is 1. The molecule has 3 aromatic rings. The van der Waals surface area contributed by atoms with Gasteiger partial charge in [0.15, 0.2) is 11.5 Å². The zero-order valence-corrected chi connectivity index (χ0v) is 24.7. The van der Waals surface area contributed by atoms with E-state index in [9.17, 15) is 19.5 Å². The minimum absolute atomic E-state index is 0.00256. The Balaban J connectivity index is 1.42. The molecule has 2 unspecified atom stereocenters. The van der Waals surface area contributed by atoms with Crippen molar-refractivity contribution in [3.05, 3.63) is 68.5 Å². The van der Waals surface area contributed by atoms with Crippen LogP contribution in [0.15, 0.2) is 53.2 Å². The molecule has 0 radical (unpaired) electrons. The smallest absolute Gasteiger partial charge is 0.410 e. The lowest BCUT2D eigenvalue weighted by molar-refractivity contribution is -0.138. The second kappa shape index (κ2) is 14.7. The Morgan fingerprint density at radius 2 is 1.73 bits per heavy atom. The molecule has 0 aliphatic carbocycles. The van der Waals surface area contributed by atoms with Gasteiger partial charge in [0, 0.05) is 16.8 Å². The number of carbonyl (C=O) groups is 3. The lowest BCUT2D eigenvalue weighted by atomic mass is 10.0. The van der Waals surface area contributed by atoms with Gasteiger partial charge in [0.25, 0.3) is 0 Å². The number of unbranched alkanes of at least 4 members (excludes halogenated alkanes) is 1. The topological polar surface area (TPSA) is 118 Å². The van der Waals surface area contributed by atoms with Crippen molar-refractivity contribution in [1.82, 2.24) is 15.1 Å². The molecule has 0 bridgehead atoms. The number of fused-ring (bicyclic) bond motifs is 1. The fraction of sp³-hybridized carbons (Fsp3) is 0.414. The zero-order chi connectivity index (χ0) is 29.2. The maximum atomic E-state index is 13.4. The highest BCUT2D eigenvalue weighted by molar-refractivity contribution is 7.10. The van der Waals surface area contributed by atoms with Crippen LogP contribution in [-0.2, 0) is 22.6 Å². The van der Waals surface area contributed by atoms with E-state index in [1.165, 1.54) is 4.90 Å². The standard InChI is InChI=1S/C29H35N3O7S2/c1-3-4-7-21(18-37-29(36)32(16-22-8-5-12-40-22)17-23-9-6-13-41-23)30-28(35)31(2)24(15-27(33)34)20-10-11-25-26(14-20)39-19-38-25/h5-6,8-14,21,24H,3-4,7,15-19H2,1-2H3,(H,30,35)(H,33,34). The number of carboxylic acids is 1. The molecule has 1 aliphatic heterocycles. The van der Waals surface area contributed by atoms with Gasteiger partial charge in [-0.3, -0.25) is 9.69 Å². The largest absolute Gasteiger partial charge is 0.481 e. The first-order valence-corrected chi connectivity index (χ1v) is 15.2. The molecule has 10 nitrogen and oxygen atoms in total. The van der Waals surface area contributed by atoms with Crippen molar-refractivity contribution >= 4 is 40.8 Å². The average Bonchev–Trinajstić information content (AvgIpc) is 3.75. The summed E-state index contributed by atoms with van der Waals surface area (Å²) in [4.78, 5) is 43.4. The van der Waals surface area contributed by atoms with E-state index in [4.69, 9.17) is 14.2 Å². The van der Waals surface area contributed by atoms with E-state index in [0.717, 1.165) is 22.6 Å². The Labute approximate surface area is 247 Å². The predicted octanol–water partition coefficient (Wildman–Crippen LogP) is 6.09. The number of thiophene rings is 2. The molecule has 2 aromatic heterocycles. The summed E-state index contributed by atoms with van der Waals surface area (Å²) in [5.74, 6) is 0.0398. The van der Waals surface area contributed by atoms with E-state index in [0.29, 0.717) is 36.6 Å². The molecule has 1 aromatic carbocycles. The second-order valence-corrected chi connectivity index (χ2v) is 11.8. The van der Waals surface area contributed by atoms with Crippen LogP contribution in [0.4, 0.5) is 9.59 Å². The molecule has 0 saturated heterocycles. The number of amides is 3. The molecule has 0 fully saturated rings. The molecule has 2 atom stereocenters. The second-order valence-electron chi connectivity index (χ2n) is 9.72. The summed E-state index contributed by atoms with van der Waals surface area (Å²) in [6, 6.07) is 11.3. The van der Waals surface area contributed by atoms with Crippen LogP contribution < -0.4 is 14.8 Å². The number of carbonyl (C=O) groups excluding carboxylic acids is 2. The molecular formula is C29H35N3O7S2. The van der Waals surface area contributed by atoms with Crippen molar-refractivity contribution in [1.29, 1.82) is 0 Å². The van der Waals surface area contributed by atoms with Crippen LogP contribution in [-0.4, -0.2) is 59.5 Å². The van der Waals surface area contributed by atoms with Gasteiger partial charge < -0.3 is 29.5 Å². The van der Waals surface area contributed by atoms with E-state index in [1.54, 1.807) is 52.8 Å². The van der Waals surface area contributed by atoms with E-state index in [1.807, 2.05) is 41.9 Å². The first kappa shape index (κ1) is 30.2. The Kier molecular flexibility index (Phi) is 10.9. The van der Waals surface area contributed by atoms with Crippen molar-refractivity contribution in [3.63, 3.8) is 0 Å². The van der Waals surface area contributed by atoms with Crippen LogP contribution >= 0.6 is 22.7 Å². The van der Waals surface area contributed by atoms with Crippen LogP contribution in [0.3, 0.4) is 0 Å². The number of aliphatic carboxylic acids is 1. The highest BCUT2D eigenvalue weighted by atomic mass is 32.1. The van der Waals surface area contributed by atoms with Crippen molar-refractivity contribution in [2.24, 2.45) is 0 Å². The van der Waals surface area contributed by atoms with Gasteiger partial charge in [0.1, 0.15) is 6.61 Å². The molecule has 3 amide bonds. The van der Waals surface area contributed by atoms with Gasteiger partial charge in [0.05, 0.1) is 31.6 Å². The Bertz CT molecular complexity index is 1250. The fourth-order valence-corrected chi connectivity index (χ4v) is 5.90. The first-order valence-electron chi connectivity index (χ1n) is 13.4. The summed E-state index contributed by atoms with van der Waals surface area (Å²) in [7, 11) is 1.56. The van der Waals surface area contributed by atoms with E-state index in [2.05, 4.69) is 5.32 Å². The Hall–Kier alpha value is -3.77. The van der Waals surface area contributed by atoms with Gasteiger partial charge in [-0.25, -0.2) is 9.59 Å². The first-order chi connectivity index (χ1) is 19.8. The van der Waals surface area contributed by atoms with Crippen LogP contribution in [0.1, 0.15) is 54.0 Å². The van der Waals surface area contributed by atoms with Gasteiger partial charge >= 0.3 is 18.1 Å². The molecule has 2 N–H and O–H groups in total. The quantitative estimate of drug-likeness (QED) is 0.230. The highest BCUT2D eigenvalue weighted by Crippen LogP contribution is 2.36. The lowest BCUT2D eigenvalue weighted by Gasteiger charge is -2.30. The molecule has 12 heteroatoms. The molecule has 3 heterocycles. The number of ether oxygens (including phenoxy) is 3. The normalized spacial score (nSPS) is 13.3. The van der Waals surface area contributed by atoms with Crippen molar-refractivity contribution in [2.45, 2.75) is 57.8 Å². The van der Waals surface area contributed by atoms with E-state index >= 15 is 0 Å². The maximum absolute atomic E-state index is 13.4. The SMILES string of the molecule is CCCCC(COC(=O)N(Cc1cccs1)Cc1cccs1)NC(=O)N(C)C(CC(=O)O)c1ccc2c(c1)OCO2. The van der Waals surface area contributed by atoms with Gasteiger partial charge in [-0.1, -0.05) is 38.0 Å². The van der Waals surface area contributed by atoms with Crippen LogP contribution in [0, 0.1) is 0 Å².